The Balaban J connectivity index is -0.000000150. The molecule has 0 aromatic heterocycles. The quantitative estimate of drug-likeness (QED) is 0.286. The summed E-state index contributed by atoms with van der Waals surface area (Å²) in [5.74, 6) is -0.368. The molecule has 0 heterocycles. The molecule has 0 amide bonds. The van der Waals surface area contributed by atoms with Crippen LogP contribution in [0.5, 0.6) is 0 Å². The molecular formula is C8H17NaO3S. The molecule has 0 fully saturated rings. The Bertz CT molecular complexity index is 186. The monoisotopic (exact) mass is 216 g/mol. The molecule has 1 N–H and O–H groups in total. The van der Waals surface area contributed by atoms with Crippen molar-refractivity contribution >= 4 is 10.1 Å². The maximum absolute atomic E-state index is 9.72. The van der Waals surface area contributed by atoms with Crippen LogP contribution in [0.1, 0.15) is 26.2 Å². The van der Waals surface area contributed by atoms with Crippen molar-refractivity contribution < 1.29 is 42.5 Å². The third-order valence-corrected chi connectivity index (χ3v) is 1.59. The first-order chi connectivity index (χ1) is 5.47. The van der Waals surface area contributed by atoms with E-state index in [-0.39, 0.29) is 35.3 Å². The average molecular weight is 216 g/mol. The second-order valence-electron chi connectivity index (χ2n) is 2.24. The van der Waals surface area contributed by atoms with E-state index in [1.807, 2.05) is 0 Å². The molecule has 0 saturated heterocycles. The topological polar surface area (TPSA) is 54.4 Å². The van der Waals surface area contributed by atoms with E-state index in [2.05, 4.69) is 20.4 Å². The Kier molecular flexibility index (Phi) is 18.7. The van der Waals surface area contributed by atoms with Crippen LogP contribution >= 0.6 is 0 Å². The SMILES string of the molecule is C=CCS(=O)(=O)O.[CH2-]CCCC.[Na+]. The van der Waals surface area contributed by atoms with Crippen molar-refractivity contribution in [2.24, 2.45) is 0 Å². The van der Waals surface area contributed by atoms with E-state index in [0.29, 0.717) is 0 Å². The molecule has 0 aliphatic rings. The zero-order valence-corrected chi connectivity index (χ0v) is 11.3. The van der Waals surface area contributed by atoms with Gasteiger partial charge in [-0.25, -0.2) is 0 Å². The summed E-state index contributed by atoms with van der Waals surface area (Å²) in [7, 11) is -3.79. The molecule has 0 saturated carbocycles. The van der Waals surface area contributed by atoms with Crippen molar-refractivity contribution in [3.05, 3.63) is 19.6 Å². The largest absolute Gasteiger partial charge is 1.00 e. The Hall–Kier alpha value is 0.650. The summed E-state index contributed by atoms with van der Waals surface area (Å²) in [6.45, 7) is 8.95. The van der Waals surface area contributed by atoms with Gasteiger partial charge in [0.25, 0.3) is 10.1 Å². The number of hydrogen-bond acceptors (Lipinski definition) is 2. The molecule has 0 unspecified atom stereocenters. The Morgan fingerprint density at radius 2 is 2.00 bits per heavy atom. The fourth-order valence-electron chi connectivity index (χ4n) is 0.399. The normalized spacial score (nSPS) is 9.15. The van der Waals surface area contributed by atoms with Crippen LogP contribution in [0.4, 0.5) is 0 Å². The van der Waals surface area contributed by atoms with Crippen molar-refractivity contribution in [3.63, 3.8) is 0 Å². The predicted octanol–water partition coefficient (Wildman–Crippen LogP) is -0.925. The van der Waals surface area contributed by atoms with Crippen LogP contribution in [0, 0.1) is 6.92 Å². The van der Waals surface area contributed by atoms with Gasteiger partial charge in [-0.15, -0.1) is 6.58 Å². The van der Waals surface area contributed by atoms with Crippen molar-refractivity contribution in [3.8, 4) is 0 Å². The van der Waals surface area contributed by atoms with E-state index in [0.717, 1.165) is 12.5 Å². The number of hydrogen-bond donors (Lipinski definition) is 1. The standard InChI is InChI=1S/C5H11.C3H6O3S.Na/c1-3-5-4-2;1-2-3-7(4,5)6;/h1,3-5H2,2H3;2H,1,3H2,(H,4,5,6);/q-1;;+1. The van der Waals surface area contributed by atoms with Crippen LogP contribution < -0.4 is 29.6 Å². The summed E-state index contributed by atoms with van der Waals surface area (Å²) in [4.78, 5) is 0. The minimum Gasteiger partial charge on any atom is -0.343 e. The molecule has 0 aliphatic carbocycles. The van der Waals surface area contributed by atoms with Gasteiger partial charge in [0.15, 0.2) is 0 Å². The summed E-state index contributed by atoms with van der Waals surface area (Å²) in [6, 6.07) is 0. The third kappa shape index (κ3) is 32.4. The van der Waals surface area contributed by atoms with Gasteiger partial charge in [-0.3, -0.25) is 4.55 Å². The molecule has 0 radical (unpaired) electrons. The van der Waals surface area contributed by atoms with Crippen molar-refractivity contribution in [1.82, 2.24) is 0 Å². The summed E-state index contributed by atoms with van der Waals surface area (Å²) in [5.41, 5.74) is 0. The van der Waals surface area contributed by atoms with Crippen LogP contribution in [-0.4, -0.2) is 18.7 Å². The molecule has 0 atom stereocenters. The first kappa shape index (κ1) is 19.3. The Morgan fingerprint density at radius 3 is 2.00 bits per heavy atom. The van der Waals surface area contributed by atoms with Gasteiger partial charge in [0.2, 0.25) is 0 Å². The number of unbranched alkanes of at least 4 members (excludes halogenated alkanes) is 2. The summed E-state index contributed by atoms with van der Waals surface area (Å²) < 4.78 is 27.3. The predicted molar refractivity (Wildman–Crippen MR) is 51.5 cm³/mol. The molecule has 3 nitrogen and oxygen atoms in total. The molecule has 0 rings (SSSR count). The van der Waals surface area contributed by atoms with Gasteiger partial charge in [0.1, 0.15) is 0 Å². The second kappa shape index (κ2) is 12.7. The molecule has 0 bridgehead atoms. The van der Waals surface area contributed by atoms with Gasteiger partial charge < -0.3 is 6.92 Å². The maximum Gasteiger partial charge on any atom is 1.00 e. The Morgan fingerprint density at radius 1 is 1.54 bits per heavy atom. The van der Waals surface area contributed by atoms with Crippen molar-refractivity contribution in [2.75, 3.05) is 5.75 Å². The van der Waals surface area contributed by atoms with Crippen LogP contribution in [-0.2, 0) is 10.1 Å². The van der Waals surface area contributed by atoms with Crippen molar-refractivity contribution in [2.45, 2.75) is 26.2 Å². The second-order valence-corrected chi connectivity index (χ2v) is 3.74. The van der Waals surface area contributed by atoms with Crippen molar-refractivity contribution in [1.29, 1.82) is 0 Å². The van der Waals surface area contributed by atoms with Gasteiger partial charge >= 0.3 is 29.6 Å². The zero-order valence-electron chi connectivity index (χ0n) is 8.49. The fraction of sp³-hybridized carbons (Fsp3) is 0.625. The van der Waals surface area contributed by atoms with E-state index in [1.165, 1.54) is 12.8 Å². The molecular weight excluding hydrogens is 199 g/mol. The fourth-order valence-corrected chi connectivity index (χ4v) is 0.697. The minimum absolute atomic E-state index is 0. The molecule has 13 heavy (non-hydrogen) atoms. The molecule has 0 aromatic rings. The molecule has 0 spiro atoms. The third-order valence-electron chi connectivity index (χ3n) is 0.932. The van der Waals surface area contributed by atoms with Gasteiger partial charge in [-0.05, 0) is 0 Å². The minimum atomic E-state index is -3.79. The van der Waals surface area contributed by atoms with Crippen LogP contribution in [0.2, 0.25) is 0 Å². The molecule has 74 valence electrons. The Labute approximate surface area is 104 Å². The summed E-state index contributed by atoms with van der Waals surface area (Å²) in [5, 5.41) is 0. The molecule has 0 aromatic carbocycles. The van der Waals surface area contributed by atoms with E-state index >= 15 is 0 Å². The average Bonchev–Trinajstić information content (AvgIpc) is 1.87. The summed E-state index contributed by atoms with van der Waals surface area (Å²) >= 11 is 0. The van der Waals surface area contributed by atoms with E-state index in [4.69, 9.17) is 4.55 Å². The first-order valence-corrected chi connectivity index (χ1v) is 5.44. The number of rotatable bonds is 4. The van der Waals surface area contributed by atoms with E-state index in [1.54, 1.807) is 0 Å². The van der Waals surface area contributed by atoms with Crippen LogP contribution in [0.25, 0.3) is 0 Å². The van der Waals surface area contributed by atoms with Gasteiger partial charge in [-0.2, -0.15) is 14.8 Å². The molecule has 5 heteroatoms. The van der Waals surface area contributed by atoms with Gasteiger partial charge in [-0.1, -0.05) is 25.8 Å². The van der Waals surface area contributed by atoms with Gasteiger partial charge in [0, 0.05) is 0 Å². The zero-order chi connectivity index (χ0) is 10.0. The van der Waals surface area contributed by atoms with Gasteiger partial charge in [0.05, 0.1) is 5.75 Å². The molecule has 0 aliphatic heterocycles. The smallest absolute Gasteiger partial charge is 0.343 e. The first-order valence-electron chi connectivity index (χ1n) is 3.83. The van der Waals surface area contributed by atoms with Crippen LogP contribution in [0.3, 0.4) is 0 Å². The van der Waals surface area contributed by atoms with E-state index in [9.17, 15) is 8.42 Å². The van der Waals surface area contributed by atoms with Crippen LogP contribution in [0.15, 0.2) is 12.7 Å². The van der Waals surface area contributed by atoms with E-state index < -0.39 is 10.1 Å². The maximum atomic E-state index is 9.72. The summed E-state index contributed by atoms with van der Waals surface area (Å²) in [6.07, 6.45) is 4.77.